The topological polar surface area (TPSA) is 46.5 Å². The zero-order valence-electron chi connectivity index (χ0n) is 12.1. The minimum atomic E-state index is -1.22. The number of aliphatic hydroxyl groups excluding tert-OH is 1. The maximum atomic E-state index is 13.8. The van der Waals surface area contributed by atoms with Crippen LogP contribution in [-0.2, 0) is 6.42 Å². The molecule has 0 aliphatic carbocycles. The van der Waals surface area contributed by atoms with Gasteiger partial charge in [-0.15, -0.1) is 0 Å². The number of hydrogen-bond acceptors (Lipinski definition) is 3. The second-order valence-electron chi connectivity index (χ2n) is 4.95. The van der Waals surface area contributed by atoms with Gasteiger partial charge in [0.15, 0.2) is 17.3 Å². The highest BCUT2D eigenvalue weighted by Gasteiger charge is 2.19. The Morgan fingerprint density at radius 3 is 2.50 bits per heavy atom. The van der Waals surface area contributed by atoms with Crippen molar-refractivity contribution in [2.24, 2.45) is 0 Å². The van der Waals surface area contributed by atoms with Gasteiger partial charge in [-0.2, -0.15) is 4.39 Å². The predicted octanol–water partition coefficient (Wildman–Crippen LogP) is 3.15. The number of halogens is 2. The first-order valence-electron chi connectivity index (χ1n) is 6.82. The largest absolute Gasteiger partial charge is 0.487 e. The molecule has 2 aromatic carbocycles. The predicted molar refractivity (Wildman–Crippen MR) is 78.0 cm³/mol. The number of ether oxygens (including phenoxy) is 1. The molecule has 1 unspecified atom stereocenters. The summed E-state index contributed by atoms with van der Waals surface area (Å²) in [6.07, 6.45) is -0.586. The van der Waals surface area contributed by atoms with Crippen LogP contribution in [0.3, 0.4) is 0 Å². The van der Waals surface area contributed by atoms with Gasteiger partial charge in [0.05, 0.1) is 11.7 Å². The SMILES string of the molecule is CC(=O)c1ccc(F)c(F)c1OCC(O)Cc1ccccc1. The van der Waals surface area contributed by atoms with E-state index in [1.165, 1.54) is 13.0 Å². The van der Waals surface area contributed by atoms with Crippen LogP contribution in [0.5, 0.6) is 5.75 Å². The standard InChI is InChI=1S/C17H16F2O3/c1-11(20)14-7-8-15(18)16(19)17(14)22-10-13(21)9-12-5-3-2-4-6-12/h2-8,13,21H,9-10H2,1H3. The molecular weight excluding hydrogens is 290 g/mol. The number of carbonyl (C=O) groups excluding carboxylic acids is 1. The van der Waals surface area contributed by atoms with Crippen molar-refractivity contribution in [1.82, 2.24) is 0 Å². The lowest BCUT2D eigenvalue weighted by atomic mass is 10.1. The molecule has 2 aromatic rings. The monoisotopic (exact) mass is 306 g/mol. The zero-order chi connectivity index (χ0) is 16.1. The number of hydrogen-bond donors (Lipinski definition) is 1. The van der Waals surface area contributed by atoms with Gasteiger partial charge < -0.3 is 9.84 Å². The van der Waals surface area contributed by atoms with E-state index >= 15 is 0 Å². The molecule has 2 rings (SSSR count). The van der Waals surface area contributed by atoms with Crippen molar-refractivity contribution in [3.8, 4) is 5.75 Å². The number of rotatable bonds is 6. The smallest absolute Gasteiger partial charge is 0.201 e. The van der Waals surface area contributed by atoms with E-state index in [4.69, 9.17) is 4.74 Å². The van der Waals surface area contributed by atoms with Crippen LogP contribution in [0.4, 0.5) is 8.78 Å². The van der Waals surface area contributed by atoms with E-state index in [2.05, 4.69) is 0 Å². The van der Waals surface area contributed by atoms with Crippen LogP contribution < -0.4 is 4.74 Å². The third-order valence-corrected chi connectivity index (χ3v) is 3.16. The summed E-state index contributed by atoms with van der Waals surface area (Å²) < 4.78 is 32.2. The first kappa shape index (κ1) is 16.1. The van der Waals surface area contributed by atoms with Gasteiger partial charge in [-0.1, -0.05) is 30.3 Å². The molecule has 0 saturated heterocycles. The molecule has 0 spiro atoms. The Balaban J connectivity index is 2.08. The van der Waals surface area contributed by atoms with Gasteiger partial charge in [-0.3, -0.25) is 4.79 Å². The molecule has 0 saturated carbocycles. The average molecular weight is 306 g/mol. The van der Waals surface area contributed by atoms with Gasteiger partial charge in [0.1, 0.15) is 6.61 Å². The van der Waals surface area contributed by atoms with E-state index in [0.717, 1.165) is 11.6 Å². The lowest BCUT2D eigenvalue weighted by molar-refractivity contribution is 0.0963. The van der Waals surface area contributed by atoms with Gasteiger partial charge in [0, 0.05) is 6.42 Å². The highest BCUT2D eigenvalue weighted by atomic mass is 19.2. The lowest BCUT2D eigenvalue weighted by Gasteiger charge is -2.15. The van der Waals surface area contributed by atoms with Crippen molar-refractivity contribution in [1.29, 1.82) is 0 Å². The molecule has 0 aliphatic rings. The highest BCUT2D eigenvalue weighted by Crippen LogP contribution is 2.26. The van der Waals surface area contributed by atoms with Crippen molar-refractivity contribution in [2.45, 2.75) is 19.4 Å². The summed E-state index contributed by atoms with van der Waals surface area (Å²) >= 11 is 0. The molecule has 0 heterocycles. The molecule has 1 atom stereocenters. The summed E-state index contributed by atoms with van der Waals surface area (Å²) in [4.78, 5) is 11.4. The fourth-order valence-corrected chi connectivity index (χ4v) is 2.08. The van der Waals surface area contributed by atoms with Crippen molar-refractivity contribution in [3.05, 3.63) is 65.2 Å². The maximum Gasteiger partial charge on any atom is 0.201 e. The van der Waals surface area contributed by atoms with Gasteiger partial charge in [-0.25, -0.2) is 4.39 Å². The molecule has 0 radical (unpaired) electrons. The van der Waals surface area contributed by atoms with Gasteiger partial charge in [-0.05, 0) is 24.6 Å². The molecule has 5 heteroatoms. The van der Waals surface area contributed by atoms with Gasteiger partial charge in [0.25, 0.3) is 0 Å². The summed E-state index contributed by atoms with van der Waals surface area (Å²) in [6, 6.07) is 11.2. The molecule has 116 valence electrons. The van der Waals surface area contributed by atoms with E-state index < -0.39 is 29.3 Å². The molecule has 0 aromatic heterocycles. The Hall–Kier alpha value is -2.27. The molecule has 3 nitrogen and oxygen atoms in total. The Morgan fingerprint density at radius 2 is 1.86 bits per heavy atom. The number of ketones is 1. The third-order valence-electron chi connectivity index (χ3n) is 3.16. The Labute approximate surface area is 127 Å². The van der Waals surface area contributed by atoms with Crippen LogP contribution >= 0.6 is 0 Å². The average Bonchev–Trinajstić information content (AvgIpc) is 2.49. The molecule has 1 N–H and O–H groups in total. The number of aliphatic hydroxyl groups is 1. The van der Waals surface area contributed by atoms with Gasteiger partial charge >= 0.3 is 0 Å². The Bertz CT molecular complexity index is 656. The Kier molecular flexibility index (Phi) is 5.22. The minimum absolute atomic E-state index is 0.0502. The molecule has 0 bridgehead atoms. The summed E-state index contributed by atoms with van der Waals surface area (Å²) in [7, 11) is 0. The van der Waals surface area contributed by atoms with Crippen LogP contribution in [0.2, 0.25) is 0 Å². The van der Waals surface area contributed by atoms with E-state index in [1.54, 1.807) is 0 Å². The van der Waals surface area contributed by atoms with E-state index in [9.17, 15) is 18.7 Å². The second-order valence-corrected chi connectivity index (χ2v) is 4.95. The van der Waals surface area contributed by atoms with Crippen LogP contribution in [-0.4, -0.2) is 23.6 Å². The molecule has 0 aliphatic heterocycles. The van der Waals surface area contributed by atoms with Crippen LogP contribution in [0.15, 0.2) is 42.5 Å². The summed E-state index contributed by atoms with van der Waals surface area (Å²) in [5.41, 5.74) is 0.843. The summed E-state index contributed by atoms with van der Waals surface area (Å²) in [5.74, 6) is -3.22. The molecule has 0 amide bonds. The fraction of sp³-hybridized carbons (Fsp3) is 0.235. The Morgan fingerprint density at radius 1 is 1.18 bits per heavy atom. The number of carbonyl (C=O) groups is 1. The lowest BCUT2D eigenvalue weighted by Crippen LogP contribution is -2.21. The minimum Gasteiger partial charge on any atom is -0.487 e. The highest BCUT2D eigenvalue weighted by molar-refractivity contribution is 5.96. The summed E-state index contributed by atoms with van der Waals surface area (Å²) in [6.45, 7) is 0.996. The molecular formula is C17H16F2O3. The van der Waals surface area contributed by atoms with Crippen LogP contribution in [0.25, 0.3) is 0 Å². The van der Waals surface area contributed by atoms with E-state index in [1.807, 2.05) is 30.3 Å². The van der Waals surface area contributed by atoms with E-state index in [0.29, 0.717) is 6.42 Å². The number of Topliss-reactive ketones (excluding diaryl/α,β-unsaturated/α-hetero) is 1. The van der Waals surface area contributed by atoms with Crippen molar-refractivity contribution in [3.63, 3.8) is 0 Å². The van der Waals surface area contributed by atoms with Crippen molar-refractivity contribution in [2.75, 3.05) is 6.61 Å². The fourth-order valence-electron chi connectivity index (χ4n) is 2.08. The normalized spacial score (nSPS) is 12.0. The van der Waals surface area contributed by atoms with Gasteiger partial charge in [0.2, 0.25) is 5.82 Å². The summed E-state index contributed by atoms with van der Waals surface area (Å²) in [5, 5.41) is 9.93. The quantitative estimate of drug-likeness (QED) is 0.834. The van der Waals surface area contributed by atoms with E-state index in [-0.39, 0.29) is 12.2 Å². The van der Waals surface area contributed by atoms with Crippen LogP contribution in [0, 0.1) is 11.6 Å². The van der Waals surface area contributed by atoms with Crippen molar-refractivity contribution >= 4 is 5.78 Å². The third kappa shape index (κ3) is 3.89. The molecule has 0 fully saturated rings. The molecule has 22 heavy (non-hydrogen) atoms. The second kappa shape index (κ2) is 7.13. The zero-order valence-corrected chi connectivity index (χ0v) is 12.1. The maximum absolute atomic E-state index is 13.8. The first-order chi connectivity index (χ1) is 10.5. The van der Waals surface area contributed by atoms with Crippen molar-refractivity contribution < 1.29 is 23.4 Å². The number of benzene rings is 2. The van der Waals surface area contributed by atoms with Crippen LogP contribution in [0.1, 0.15) is 22.8 Å². The first-order valence-corrected chi connectivity index (χ1v) is 6.82.